The van der Waals surface area contributed by atoms with Gasteiger partial charge in [0.05, 0.1) is 11.4 Å². The van der Waals surface area contributed by atoms with E-state index < -0.39 is 15.6 Å². The van der Waals surface area contributed by atoms with E-state index >= 15 is 0 Å². The van der Waals surface area contributed by atoms with Gasteiger partial charge in [-0.25, -0.2) is 17.8 Å². The topological polar surface area (TPSA) is 83.1 Å². The minimum Gasteiger partial charge on any atom is -0.268 e. The van der Waals surface area contributed by atoms with Gasteiger partial charge in [0.25, 0.3) is 5.56 Å². The molecule has 0 fully saturated rings. The first-order chi connectivity index (χ1) is 7.83. The van der Waals surface area contributed by atoms with Crippen molar-refractivity contribution in [2.24, 2.45) is 0 Å². The summed E-state index contributed by atoms with van der Waals surface area (Å²) in [5, 5.41) is 6.39. The quantitative estimate of drug-likeness (QED) is 0.777. The second kappa shape index (κ2) is 3.92. The molecule has 0 bridgehead atoms. The van der Waals surface area contributed by atoms with Crippen LogP contribution < -0.4 is 5.56 Å². The Hall–Kier alpha value is -1.21. The summed E-state index contributed by atoms with van der Waals surface area (Å²) in [7, 11) is -1.84. The van der Waals surface area contributed by atoms with Gasteiger partial charge in [-0.1, -0.05) is 13.8 Å². The van der Waals surface area contributed by atoms with E-state index in [-0.39, 0.29) is 18.2 Å². The van der Waals surface area contributed by atoms with Crippen LogP contribution in [0.2, 0.25) is 0 Å². The number of aromatic nitrogens is 2. The molecule has 0 aromatic carbocycles. The van der Waals surface area contributed by atoms with Gasteiger partial charge >= 0.3 is 0 Å². The van der Waals surface area contributed by atoms with Crippen LogP contribution in [-0.2, 0) is 22.3 Å². The smallest absolute Gasteiger partial charge is 0.268 e. The van der Waals surface area contributed by atoms with Crippen molar-refractivity contribution in [3.8, 4) is 0 Å². The zero-order valence-corrected chi connectivity index (χ0v) is 10.8. The molecule has 0 aliphatic carbocycles. The second-order valence-electron chi connectivity index (χ2n) is 4.56. The summed E-state index contributed by atoms with van der Waals surface area (Å²) < 4.78 is 24.7. The minimum absolute atomic E-state index is 0.148. The number of H-pyrrole nitrogens is 1. The largest absolute Gasteiger partial charge is 0.268 e. The Bertz CT molecular complexity index is 604. The molecule has 0 atom stereocenters. The second-order valence-corrected chi connectivity index (χ2v) is 6.64. The number of hydrogen-bond donors (Lipinski definition) is 1. The van der Waals surface area contributed by atoms with Crippen molar-refractivity contribution in [1.29, 1.82) is 0 Å². The maximum absolute atomic E-state index is 11.7. The maximum Gasteiger partial charge on any atom is 0.268 e. The highest BCUT2D eigenvalue weighted by molar-refractivity contribution is 7.88. The number of aromatic amines is 1. The third-order valence-electron chi connectivity index (χ3n) is 2.95. The van der Waals surface area contributed by atoms with Crippen molar-refractivity contribution >= 4 is 10.0 Å². The molecule has 0 radical (unpaired) electrons. The molecule has 0 saturated carbocycles. The van der Waals surface area contributed by atoms with Gasteiger partial charge in [0.2, 0.25) is 10.0 Å². The van der Waals surface area contributed by atoms with E-state index in [9.17, 15) is 13.2 Å². The normalized spacial score (nSPS) is 19.3. The molecule has 1 aromatic heterocycles. The zero-order chi connectivity index (χ0) is 12.8. The van der Waals surface area contributed by atoms with Gasteiger partial charge in [-0.05, 0) is 5.92 Å². The van der Waals surface area contributed by atoms with Crippen LogP contribution in [0, 0.1) is 0 Å². The van der Waals surface area contributed by atoms with Gasteiger partial charge in [0.15, 0.2) is 0 Å². The number of rotatable bonds is 1. The molecule has 1 aliphatic heterocycles. The highest BCUT2D eigenvalue weighted by Crippen LogP contribution is 2.25. The molecule has 6 nitrogen and oxygen atoms in total. The van der Waals surface area contributed by atoms with E-state index in [1.807, 2.05) is 13.8 Å². The fourth-order valence-electron chi connectivity index (χ4n) is 1.96. The van der Waals surface area contributed by atoms with Gasteiger partial charge in [-0.2, -0.15) is 5.10 Å². The number of fused-ring (bicyclic) bond motifs is 1. The van der Waals surface area contributed by atoms with Crippen molar-refractivity contribution in [2.75, 3.05) is 7.05 Å². The molecule has 0 saturated heterocycles. The standard InChI is InChI=1S/C10H15N3O3S/c1-6(2)9-7-4-13(3)17(15,16)5-8(7)10(14)12-11-9/h6H,4-5H2,1-3H3,(H,12,14). The van der Waals surface area contributed by atoms with Gasteiger partial charge in [0, 0.05) is 24.7 Å². The molecule has 1 aromatic rings. The molecule has 0 spiro atoms. The van der Waals surface area contributed by atoms with E-state index in [0.717, 1.165) is 11.3 Å². The Morgan fingerprint density at radius 3 is 2.59 bits per heavy atom. The van der Waals surface area contributed by atoms with Crippen molar-refractivity contribution in [3.63, 3.8) is 0 Å². The lowest BCUT2D eigenvalue weighted by molar-refractivity contribution is 0.449. The average Bonchev–Trinajstić information content (AvgIpc) is 2.21. The van der Waals surface area contributed by atoms with Gasteiger partial charge < -0.3 is 0 Å². The molecule has 17 heavy (non-hydrogen) atoms. The monoisotopic (exact) mass is 257 g/mol. The van der Waals surface area contributed by atoms with Crippen molar-refractivity contribution in [1.82, 2.24) is 14.5 Å². The lowest BCUT2D eigenvalue weighted by Gasteiger charge is -2.26. The van der Waals surface area contributed by atoms with Crippen LogP contribution in [0.1, 0.15) is 36.6 Å². The SMILES string of the molecule is CC(C)c1n[nH]c(=O)c2c1CN(C)S(=O)(=O)C2. The predicted octanol–water partition coefficient (Wildman–Crippen LogP) is 0.169. The molecule has 1 aliphatic rings. The van der Waals surface area contributed by atoms with E-state index in [4.69, 9.17) is 0 Å². The summed E-state index contributed by atoms with van der Waals surface area (Å²) in [6.07, 6.45) is 0. The van der Waals surface area contributed by atoms with Crippen LogP contribution in [0.25, 0.3) is 0 Å². The van der Waals surface area contributed by atoms with Crippen LogP contribution in [0.3, 0.4) is 0 Å². The number of nitrogens with zero attached hydrogens (tertiary/aromatic N) is 2. The summed E-state index contributed by atoms with van der Waals surface area (Å²) >= 11 is 0. The summed E-state index contributed by atoms with van der Waals surface area (Å²) in [5.41, 5.74) is 1.45. The number of nitrogens with one attached hydrogen (secondary N) is 1. The maximum atomic E-state index is 11.7. The number of hydrogen-bond acceptors (Lipinski definition) is 4. The summed E-state index contributed by atoms with van der Waals surface area (Å²) in [4.78, 5) is 11.6. The molecule has 94 valence electrons. The third kappa shape index (κ3) is 2.00. The van der Waals surface area contributed by atoms with E-state index in [1.165, 1.54) is 11.4 Å². The molecular formula is C10H15N3O3S. The average molecular weight is 257 g/mol. The number of sulfonamides is 1. The van der Waals surface area contributed by atoms with E-state index in [1.54, 1.807) is 0 Å². The van der Waals surface area contributed by atoms with Gasteiger partial charge in [0.1, 0.15) is 0 Å². The van der Waals surface area contributed by atoms with Crippen LogP contribution in [0.15, 0.2) is 4.79 Å². The summed E-state index contributed by atoms with van der Waals surface area (Å²) in [6, 6.07) is 0. The predicted molar refractivity (Wildman–Crippen MR) is 63.0 cm³/mol. The van der Waals surface area contributed by atoms with Crippen LogP contribution >= 0.6 is 0 Å². The molecule has 2 rings (SSSR count). The Morgan fingerprint density at radius 1 is 1.35 bits per heavy atom. The Morgan fingerprint density at radius 2 is 2.00 bits per heavy atom. The van der Waals surface area contributed by atoms with Crippen molar-refractivity contribution < 1.29 is 8.42 Å². The van der Waals surface area contributed by atoms with Crippen LogP contribution in [0.4, 0.5) is 0 Å². The Kier molecular flexibility index (Phi) is 2.82. The highest BCUT2D eigenvalue weighted by atomic mass is 32.2. The molecular weight excluding hydrogens is 242 g/mol. The first kappa shape index (κ1) is 12.3. The molecule has 1 N–H and O–H groups in total. The lowest BCUT2D eigenvalue weighted by Crippen LogP contribution is -2.37. The Labute approximate surface area is 99.7 Å². The third-order valence-corrected chi connectivity index (χ3v) is 4.69. The van der Waals surface area contributed by atoms with E-state index in [0.29, 0.717) is 5.56 Å². The fourth-order valence-corrected chi connectivity index (χ4v) is 3.17. The zero-order valence-electron chi connectivity index (χ0n) is 10.0. The first-order valence-electron chi connectivity index (χ1n) is 5.37. The van der Waals surface area contributed by atoms with Crippen LogP contribution in [-0.4, -0.2) is 30.0 Å². The van der Waals surface area contributed by atoms with E-state index in [2.05, 4.69) is 10.2 Å². The molecule has 0 amide bonds. The Balaban J connectivity index is 2.68. The molecule has 0 unspecified atom stereocenters. The summed E-state index contributed by atoms with van der Waals surface area (Å²) in [5.74, 6) is -0.0917. The van der Waals surface area contributed by atoms with Crippen molar-refractivity contribution in [2.45, 2.75) is 32.1 Å². The summed E-state index contributed by atoms with van der Waals surface area (Å²) in [6.45, 7) is 4.15. The van der Waals surface area contributed by atoms with Crippen molar-refractivity contribution in [3.05, 3.63) is 27.2 Å². The van der Waals surface area contributed by atoms with Crippen LogP contribution in [0.5, 0.6) is 0 Å². The van der Waals surface area contributed by atoms with Gasteiger partial charge in [-0.15, -0.1) is 0 Å². The first-order valence-corrected chi connectivity index (χ1v) is 6.98. The fraction of sp³-hybridized carbons (Fsp3) is 0.600. The molecule has 7 heteroatoms. The minimum atomic E-state index is -3.35. The highest BCUT2D eigenvalue weighted by Gasteiger charge is 2.31. The van der Waals surface area contributed by atoms with Gasteiger partial charge in [-0.3, -0.25) is 4.79 Å². The molecule has 2 heterocycles. The lowest BCUT2D eigenvalue weighted by atomic mass is 10.0.